The number of carbonyl (C=O) groups excluding carboxylic acids is 1. The van der Waals surface area contributed by atoms with Crippen molar-refractivity contribution < 1.29 is 19.4 Å². The summed E-state index contributed by atoms with van der Waals surface area (Å²) >= 11 is 0. The molecule has 1 heterocycles. The number of benzene rings is 2. The van der Waals surface area contributed by atoms with Gasteiger partial charge in [-0.1, -0.05) is 25.1 Å². The molecular formula is C17H16N2O4. The van der Waals surface area contributed by atoms with Crippen molar-refractivity contribution in [3.8, 4) is 11.5 Å². The predicted octanol–water partition coefficient (Wildman–Crippen LogP) is 3.06. The molecule has 6 heteroatoms. The third-order valence-electron chi connectivity index (χ3n) is 3.55. The summed E-state index contributed by atoms with van der Waals surface area (Å²) in [6, 6.07) is 11.9. The molecule has 1 amide bonds. The number of hydrogen-bond donors (Lipinski definition) is 3. The van der Waals surface area contributed by atoms with Crippen LogP contribution in [0.15, 0.2) is 46.9 Å². The van der Waals surface area contributed by atoms with Crippen LogP contribution >= 0.6 is 0 Å². The highest BCUT2D eigenvalue weighted by atomic mass is 16.4. The van der Waals surface area contributed by atoms with Crippen molar-refractivity contribution in [1.82, 2.24) is 4.98 Å². The lowest BCUT2D eigenvalue weighted by molar-refractivity contribution is -0.119. The van der Waals surface area contributed by atoms with Crippen molar-refractivity contribution in [2.75, 3.05) is 5.32 Å². The van der Waals surface area contributed by atoms with Crippen molar-refractivity contribution in [3.05, 3.63) is 48.0 Å². The minimum atomic E-state index is -0.353. The van der Waals surface area contributed by atoms with Gasteiger partial charge >= 0.3 is 6.01 Å². The number of aromatic nitrogens is 1. The number of aromatic hydroxyl groups is 2. The third kappa shape index (κ3) is 3.26. The summed E-state index contributed by atoms with van der Waals surface area (Å²) in [5.74, 6) is -0.968. The number of rotatable bonds is 4. The molecule has 0 saturated heterocycles. The molecule has 0 fully saturated rings. The SMILES string of the molecule is CC(Cc1ccc(O)c(O)c1)C(=O)Nc1nc2ccccc2o1. The van der Waals surface area contributed by atoms with Crippen LogP contribution in [0.2, 0.25) is 0 Å². The van der Waals surface area contributed by atoms with Crippen molar-refractivity contribution >= 4 is 23.0 Å². The number of para-hydroxylation sites is 2. The molecule has 0 bridgehead atoms. The van der Waals surface area contributed by atoms with Gasteiger partial charge in [-0.25, -0.2) is 0 Å². The lowest BCUT2D eigenvalue weighted by atomic mass is 10.00. The fourth-order valence-electron chi connectivity index (χ4n) is 2.30. The van der Waals surface area contributed by atoms with E-state index in [1.165, 1.54) is 12.1 Å². The molecule has 2 aromatic carbocycles. The highest BCUT2D eigenvalue weighted by Gasteiger charge is 2.17. The van der Waals surface area contributed by atoms with Crippen LogP contribution in [-0.4, -0.2) is 21.1 Å². The van der Waals surface area contributed by atoms with Crippen molar-refractivity contribution in [2.24, 2.45) is 5.92 Å². The Morgan fingerprint density at radius 1 is 1.22 bits per heavy atom. The average molecular weight is 312 g/mol. The molecule has 0 saturated carbocycles. The Balaban J connectivity index is 1.68. The van der Waals surface area contributed by atoms with E-state index in [1.54, 1.807) is 25.1 Å². The first-order valence-electron chi connectivity index (χ1n) is 7.20. The number of oxazole rings is 1. The zero-order chi connectivity index (χ0) is 16.4. The summed E-state index contributed by atoms with van der Waals surface area (Å²) in [7, 11) is 0. The molecule has 118 valence electrons. The smallest absolute Gasteiger partial charge is 0.302 e. The van der Waals surface area contributed by atoms with Crippen LogP contribution in [0, 0.1) is 5.92 Å². The summed E-state index contributed by atoms with van der Waals surface area (Å²) in [5, 5.41) is 21.4. The third-order valence-corrected chi connectivity index (χ3v) is 3.55. The normalized spacial score (nSPS) is 12.2. The van der Waals surface area contributed by atoms with E-state index >= 15 is 0 Å². The average Bonchev–Trinajstić information content (AvgIpc) is 2.93. The Kier molecular flexibility index (Phi) is 3.89. The van der Waals surface area contributed by atoms with Crippen molar-refractivity contribution in [1.29, 1.82) is 0 Å². The molecule has 0 radical (unpaired) electrons. The second-order valence-electron chi connectivity index (χ2n) is 5.40. The fraction of sp³-hybridized carbons (Fsp3) is 0.176. The molecule has 1 unspecified atom stereocenters. The maximum Gasteiger partial charge on any atom is 0.302 e. The maximum atomic E-state index is 12.2. The topological polar surface area (TPSA) is 95.6 Å². The van der Waals surface area contributed by atoms with Crippen LogP contribution in [-0.2, 0) is 11.2 Å². The van der Waals surface area contributed by atoms with Crippen LogP contribution in [0.5, 0.6) is 11.5 Å². The Bertz CT molecular complexity index is 824. The number of phenols is 2. The number of fused-ring (bicyclic) bond motifs is 1. The number of hydrogen-bond acceptors (Lipinski definition) is 5. The van der Waals surface area contributed by atoms with Gasteiger partial charge in [0.15, 0.2) is 17.1 Å². The Hall–Kier alpha value is -3.02. The van der Waals surface area contributed by atoms with Gasteiger partial charge in [0.05, 0.1) is 0 Å². The van der Waals surface area contributed by atoms with Gasteiger partial charge in [0.1, 0.15) is 5.52 Å². The molecule has 0 aliphatic carbocycles. The monoisotopic (exact) mass is 312 g/mol. The lowest BCUT2D eigenvalue weighted by Gasteiger charge is -2.10. The van der Waals surface area contributed by atoms with Gasteiger partial charge in [-0.15, -0.1) is 0 Å². The minimum Gasteiger partial charge on any atom is -0.504 e. The summed E-state index contributed by atoms with van der Waals surface area (Å²) < 4.78 is 5.46. The van der Waals surface area contributed by atoms with Gasteiger partial charge in [-0.3, -0.25) is 10.1 Å². The Morgan fingerprint density at radius 2 is 2.00 bits per heavy atom. The number of anilines is 1. The van der Waals surface area contributed by atoms with Crippen molar-refractivity contribution in [2.45, 2.75) is 13.3 Å². The molecule has 3 rings (SSSR count). The van der Waals surface area contributed by atoms with E-state index < -0.39 is 0 Å². The maximum absolute atomic E-state index is 12.2. The standard InChI is InChI=1S/C17H16N2O4/c1-10(8-11-6-7-13(20)14(21)9-11)16(22)19-17-18-12-4-2-3-5-15(12)23-17/h2-7,9-10,20-21H,8H2,1H3,(H,18,19,22). The van der Waals surface area contributed by atoms with Crippen molar-refractivity contribution in [3.63, 3.8) is 0 Å². The molecular weight excluding hydrogens is 296 g/mol. The second-order valence-corrected chi connectivity index (χ2v) is 5.40. The predicted molar refractivity (Wildman–Crippen MR) is 85.3 cm³/mol. The molecule has 3 aromatic rings. The Morgan fingerprint density at radius 3 is 2.74 bits per heavy atom. The second kappa shape index (κ2) is 6.00. The number of carbonyl (C=O) groups is 1. The molecule has 3 N–H and O–H groups in total. The quantitative estimate of drug-likeness (QED) is 0.643. The van der Waals surface area contributed by atoms with Gasteiger partial charge < -0.3 is 14.6 Å². The molecule has 1 aromatic heterocycles. The largest absolute Gasteiger partial charge is 0.504 e. The van der Waals surface area contributed by atoms with Gasteiger partial charge in [0.25, 0.3) is 0 Å². The van der Waals surface area contributed by atoms with Crippen LogP contribution in [0.25, 0.3) is 11.1 Å². The minimum absolute atomic E-state index is 0.164. The molecule has 6 nitrogen and oxygen atoms in total. The van der Waals surface area contributed by atoms with Gasteiger partial charge in [0.2, 0.25) is 5.91 Å². The van der Waals surface area contributed by atoms with Gasteiger partial charge in [0, 0.05) is 5.92 Å². The highest BCUT2D eigenvalue weighted by Crippen LogP contribution is 2.26. The van der Waals surface area contributed by atoms with Crippen LogP contribution in [0.4, 0.5) is 6.01 Å². The number of amides is 1. The van der Waals surface area contributed by atoms with E-state index in [-0.39, 0.29) is 29.3 Å². The number of nitrogens with one attached hydrogen (secondary N) is 1. The van der Waals surface area contributed by atoms with Crippen LogP contribution in [0.3, 0.4) is 0 Å². The van der Waals surface area contributed by atoms with E-state index in [0.717, 1.165) is 5.56 Å². The molecule has 0 aliphatic heterocycles. The summed E-state index contributed by atoms with van der Waals surface area (Å²) in [5.41, 5.74) is 2.04. The van der Waals surface area contributed by atoms with E-state index in [4.69, 9.17) is 4.42 Å². The zero-order valence-corrected chi connectivity index (χ0v) is 12.5. The Labute approximate surface area is 132 Å². The van der Waals surface area contributed by atoms with E-state index in [9.17, 15) is 15.0 Å². The van der Waals surface area contributed by atoms with Crippen LogP contribution in [0.1, 0.15) is 12.5 Å². The molecule has 0 aliphatic rings. The first kappa shape index (κ1) is 14.9. The summed E-state index contributed by atoms with van der Waals surface area (Å²) in [4.78, 5) is 16.4. The van der Waals surface area contributed by atoms with Gasteiger partial charge in [-0.05, 0) is 36.2 Å². The highest BCUT2D eigenvalue weighted by molar-refractivity contribution is 5.91. The fourth-order valence-corrected chi connectivity index (χ4v) is 2.30. The van der Waals surface area contributed by atoms with E-state index in [2.05, 4.69) is 10.3 Å². The lowest BCUT2D eigenvalue weighted by Crippen LogP contribution is -2.22. The first-order chi connectivity index (χ1) is 11.0. The molecule has 23 heavy (non-hydrogen) atoms. The zero-order valence-electron chi connectivity index (χ0n) is 12.5. The summed E-state index contributed by atoms with van der Waals surface area (Å²) in [6.07, 6.45) is 0.417. The van der Waals surface area contributed by atoms with E-state index in [1.807, 2.05) is 12.1 Å². The first-order valence-corrected chi connectivity index (χ1v) is 7.20. The number of nitrogens with zero attached hydrogens (tertiary/aromatic N) is 1. The molecule has 0 spiro atoms. The van der Waals surface area contributed by atoms with Crippen LogP contribution < -0.4 is 5.32 Å². The summed E-state index contributed by atoms with van der Waals surface area (Å²) in [6.45, 7) is 1.77. The van der Waals surface area contributed by atoms with E-state index in [0.29, 0.717) is 17.5 Å². The molecule has 1 atom stereocenters. The number of phenolic OH excluding ortho intramolecular Hbond substituents is 2. The van der Waals surface area contributed by atoms with Gasteiger partial charge in [-0.2, -0.15) is 4.98 Å².